The Balaban J connectivity index is 0.000000281. The molecule has 1 rings (SSSR count). The molecule has 16 heavy (non-hydrogen) atoms. The number of hydrogen-bond donors (Lipinski definition) is 3. The average Bonchev–Trinajstić information content (AvgIpc) is 2.14. The molecule has 0 saturated carbocycles. The van der Waals surface area contributed by atoms with Gasteiger partial charge in [-0.05, 0) is 25.9 Å². The molecule has 5 heteroatoms. The van der Waals surface area contributed by atoms with Crippen LogP contribution in [0.15, 0.2) is 12.2 Å². The summed E-state index contributed by atoms with van der Waals surface area (Å²) in [5.41, 5.74) is 0. The molecule has 3 N–H and O–H groups in total. The molecule has 92 valence electrons. The van der Waals surface area contributed by atoms with Gasteiger partial charge in [-0.3, -0.25) is 0 Å². The molecule has 0 radical (unpaired) electrons. The van der Waals surface area contributed by atoms with E-state index in [1.807, 2.05) is 0 Å². The Morgan fingerprint density at radius 1 is 0.812 bits per heavy atom. The number of rotatable bonds is 2. The summed E-state index contributed by atoms with van der Waals surface area (Å²) in [5, 5.41) is 19.0. The van der Waals surface area contributed by atoms with E-state index < -0.39 is 11.9 Å². The van der Waals surface area contributed by atoms with Crippen LogP contribution in [0.1, 0.15) is 32.1 Å². The molecule has 0 amide bonds. The van der Waals surface area contributed by atoms with Crippen LogP contribution in [0, 0.1) is 0 Å². The summed E-state index contributed by atoms with van der Waals surface area (Å²) < 4.78 is 0. The van der Waals surface area contributed by atoms with E-state index in [0.717, 1.165) is 0 Å². The van der Waals surface area contributed by atoms with Gasteiger partial charge in [0, 0.05) is 12.2 Å². The molecule has 0 bridgehead atoms. The highest BCUT2D eigenvalue weighted by atomic mass is 16.4. The van der Waals surface area contributed by atoms with E-state index in [1.165, 1.54) is 45.2 Å². The van der Waals surface area contributed by atoms with Crippen LogP contribution >= 0.6 is 0 Å². The van der Waals surface area contributed by atoms with Crippen molar-refractivity contribution in [2.24, 2.45) is 0 Å². The molecule has 0 spiro atoms. The van der Waals surface area contributed by atoms with Gasteiger partial charge in [0.25, 0.3) is 0 Å². The first-order valence-electron chi connectivity index (χ1n) is 5.47. The number of carboxylic acids is 2. The molecule has 5 nitrogen and oxygen atoms in total. The van der Waals surface area contributed by atoms with Crippen LogP contribution < -0.4 is 5.32 Å². The van der Waals surface area contributed by atoms with Crippen molar-refractivity contribution in [2.75, 3.05) is 13.1 Å². The maximum Gasteiger partial charge on any atom is 0.328 e. The highest BCUT2D eigenvalue weighted by Crippen LogP contribution is 2.03. The zero-order chi connectivity index (χ0) is 12.2. The molecule has 0 atom stereocenters. The Morgan fingerprint density at radius 3 is 1.56 bits per heavy atom. The van der Waals surface area contributed by atoms with Crippen LogP contribution in [0.2, 0.25) is 0 Å². The van der Waals surface area contributed by atoms with Gasteiger partial charge in [-0.25, -0.2) is 9.59 Å². The topological polar surface area (TPSA) is 86.6 Å². The van der Waals surface area contributed by atoms with Gasteiger partial charge in [0.15, 0.2) is 0 Å². The zero-order valence-electron chi connectivity index (χ0n) is 9.32. The van der Waals surface area contributed by atoms with E-state index in [2.05, 4.69) is 5.32 Å². The summed E-state index contributed by atoms with van der Waals surface area (Å²) in [5.74, 6) is -2.51. The highest BCUT2D eigenvalue weighted by Gasteiger charge is 1.94. The Hall–Kier alpha value is -1.36. The van der Waals surface area contributed by atoms with Gasteiger partial charge in [-0.2, -0.15) is 0 Å². The Morgan fingerprint density at radius 2 is 1.19 bits per heavy atom. The molecule has 1 heterocycles. The van der Waals surface area contributed by atoms with Crippen molar-refractivity contribution in [1.82, 2.24) is 5.32 Å². The van der Waals surface area contributed by atoms with Crippen LogP contribution in [0.4, 0.5) is 0 Å². The Kier molecular flexibility index (Phi) is 9.30. The predicted molar refractivity (Wildman–Crippen MR) is 60.4 cm³/mol. The van der Waals surface area contributed by atoms with Crippen LogP contribution in [-0.4, -0.2) is 35.2 Å². The molecule has 1 saturated heterocycles. The lowest BCUT2D eigenvalue weighted by molar-refractivity contribution is -0.134. The molecule has 0 aromatic rings. The number of nitrogens with one attached hydrogen (secondary N) is 1. The van der Waals surface area contributed by atoms with Gasteiger partial charge in [0.1, 0.15) is 0 Å². The smallest absolute Gasteiger partial charge is 0.328 e. The van der Waals surface area contributed by atoms with Crippen molar-refractivity contribution in [3.05, 3.63) is 12.2 Å². The third-order valence-corrected chi connectivity index (χ3v) is 2.08. The predicted octanol–water partition coefficient (Wildman–Crippen LogP) is 1.25. The van der Waals surface area contributed by atoms with Gasteiger partial charge in [-0.1, -0.05) is 19.3 Å². The number of carbonyl (C=O) groups is 2. The van der Waals surface area contributed by atoms with Crippen molar-refractivity contribution >= 4 is 11.9 Å². The van der Waals surface area contributed by atoms with Crippen molar-refractivity contribution in [3.63, 3.8) is 0 Å². The van der Waals surface area contributed by atoms with Gasteiger partial charge >= 0.3 is 11.9 Å². The third kappa shape index (κ3) is 12.6. The van der Waals surface area contributed by atoms with Crippen LogP contribution in [0.5, 0.6) is 0 Å². The summed E-state index contributed by atoms with van der Waals surface area (Å²) in [6.07, 6.45) is 8.23. The van der Waals surface area contributed by atoms with E-state index in [0.29, 0.717) is 12.2 Å². The van der Waals surface area contributed by atoms with E-state index in [1.54, 1.807) is 0 Å². The SMILES string of the molecule is C1CCCNCCC1.O=C(O)/C=C\C(=O)O. The molecule has 1 aliphatic heterocycles. The largest absolute Gasteiger partial charge is 0.478 e. The average molecular weight is 229 g/mol. The molecular weight excluding hydrogens is 210 g/mol. The molecule has 1 aliphatic rings. The van der Waals surface area contributed by atoms with Crippen LogP contribution in [0.3, 0.4) is 0 Å². The lowest BCUT2D eigenvalue weighted by atomic mass is 10.1. The minimum absolute atomic E-state index is 0.558. The normalized spacial score (nSPS) is 16.8. The lowest BCUT2D eigenvalue weighted by Crippen LogP contribution is -2.18. The summed E-state index contributed by atoms with van der Waals surface area (Å²) in [7, 11) is 0. The number of carboxylic acid groups (broad SMARTS) is 2. The standard InChI is InChI=1S/C7H15N.C4H4O4/c1-2-4-6-8-7-5-3-1;5-3(6)1-2-4(7)8/h8H,1-7H2;1-2H,(H,5,6)(H,7,8)/b;2-1-. The summed E-state index contributed by atoms with van der Waals surface area (Å²) in [4.78, 5) is 19.1. The van der Waals surface area contributed by atoms with Gasteiger partial charge in [0.05, 0.1) is 0 Å². The van der Waals surface area contributed by atoms with Gasteiger partial charge < -0.3 is 15.5 Å². The Bertz CT molecular complexity index is 198. The lowest BCUT2D eigenvalue weighted by Gasteiger charge is -2.08. The van der Waals surface area contributed by atoms with Gasteiger partial charge in [0.2, 0.25) is 0 Å². The summed E-state index contributed by atoms with van der Waals surface area (Å²) in [6, 6.07) is 0. The Labute approximate surface area is 95.2 Å². The van der Waals surface area contributed by atoms with Crippen molar-refractivity contribution in [2.45, 2.75) is 32.1 Å². The first-order chi connectivity index (χ1) is 7.63. The fourth-order valence-corrected chi connectivity index (χ4v) is 1.30. The fraction of sp³-hybridized carbons (Fsp3) is 0.636. The molecule has 0 aromatic carbocycles. The third-order valence-electron chi connectivity index (χ3n) is 2.08. The second-order valence-corrected chi connectivity index (χ2v) is 3.53. The molecule has 0 aromatic heterocycles. The quantitative estimate of drug-likeness (QED) is 0.620. The van der Waals surface area contributed by atoms with Crippen molar-refractivity contribution < 1.29 is 19.8 Å². The second kappa shape index (κ2) is 10.2. The van der Waals surface area contributed by atoms with Crippen molar-refractivity contribution in [1.29, 1.82) is 0 Å². The molecule has 1 fully saturated rings. The zero-order valence-corrected chi connectivity index (χ0v) is 9.32. The van der Waals surface area contributed by atoms with Gasteiger partial charge in [-0.15, -0.1) is 0 Å². The minimum Gasteiger partial charge on any atom is -0.478 e. The first kappa shape index (κ1) is 14.6. The fourth-order valence-electron chi connectivity index (χ4n) is 1.30. The molecular formula is C11H19NO4. The molecule has 0 unspecified atom stereocenters. The minimum atomic E-state index is -1.26. The second-order valence-electron chi connectivity index (χ2n) is 3.53. The summed E-state index contributed by atoms with van der Waals surface area (Å²) in [6.45, 7) is 2.50. The highest BCUT2D eigenvalue weighted by molar-refractivity contribution is 5.89. The van der Waals surface area contributed by atoms with Crippen molar-refractivity contribution in [3.8, 4) is 0 Å². The van der Waals surface area contributed by atoms with E-state index in [9.17, 15) is 9.59 Å². The van der Waals surface area contributed by atoms with E-state index >= 15 is 0 Å². The monoisotopic (exact) mass is 229 g/mol. The first-order valence-corrected chi connectivity index (χ1v) is 5.47. The maximum absolute atomic E-state index is 9.55. The maximum atomic E-state index is 9.55. The number of hydrogen-bond acceptors (Lipinski definition) is 3. The summed E-state index contributed by atoms with van der Waals surface area (Å²) >= 11 is 0. The van der Waals surface area contributed by atoms with Crippen LogP contribution in [0.25, 0.3) is 0 Å². The molecule has 0 aliphatic carbocycles. The number of aliphatic carboxylic acids is 2. The van der Waals surface area contributed by atoms with Crippen LogP contribution in [-0.2, 0) is 9.59 Å². The van der Waals surface area contributed by atoms with E-state index in [-0.39, 0.29) is 0 Å². The van der Waals surface area contributed by atoms with E-state index in [4.69, 9.17) is 10.2 Å².